The molecule has 2 atom stereocenters. The summed E-state index contributed by atoms with van der Waals surface area (Å²) in [6, 6.07) is 0. The molecule has 0 aromatic heterocycles. The molecule has 3 N–H and O–H groups in total. The highest BCUT2D eigenvalue weighted by molar-refractivity contribution is 7.47. The second-order valence-corrected chi connectivity index (χ2v) is 16.4. The summed E-state index contributed by atoms with van der Waals surface area (Å²) >= 11 is 0. The van der Waals surface area contributed by atoms with Crippen LogP contribution in [0.25, 0.3) is 0 Å². The molecule has 0 fully saturated rings. The lowest BCUT2D eigenvalue weighted by molar-refractivity contribution is -0.161. The zero-order valence-electron chi connectivity index (χ0n) is 34.5. The molecule has 9 nitrogen and oxygen atoms in total. The van der Waals surface area contributed by atoms with Crippen molar-refractivity contribution in [3.63, 3.8) is 0 Å². The highest BCUT2D eigenvalue weighted by Crippen LogP contribution is 2.43. The highest BCUT2D eigenvalue weighted by atomic mass is 31.2. The van der Waals surface area contributed by atoms with Crippen LogP contribution in [0.5, 0.6) is 0 Å². The first-order chi connectivity index (χ1) is 25.8. The van der Waals surface area contributed by atoms with Crippen molar-refractivity contribution >= 4 is 19.8 Å². The van der Waals surface area contributed by atoms with Gasteiger partial charge in [-0.1, -0.05) is 180 Å². The van der Waals surface area contributed by atoms with Crippen LogP contribution in [0.3, 0.4) is 0 Å². The Hall–Kier alpha value is -1.25. The quantitative estimate of drug-likeness (QED) is 0.0269. The van der Waals surface area contributed by atoms with Crippen LogP contribution in [0.4, 0.5) is 0 Å². The van der Waals surface area contributed by atoms with E-state index in [0.29, 0.717) is 6.42 Å². The Kier molecular flexibility index (Phi) is 39.5. The lowest BCUT2D eigenvalue weighted by atomic mass is 10.0. The monoisotopic (exact) mass is 774 g/mol. The number of carbonyl (C=O) groups excluding carboxylic acids is 2. The van der Waals surface area contributed by atoms with Crippen LogP contribution in [-0.4, -0.2) is 49.3 Å². The molecule has 1 unspecified atom stereocenters. The van der Waals surface area contributed by atoms with Crippen LogP contribution in [0.1, 0.15) is 219 Å². The molecule has 0 aromatic carbocycles. The van der Waals surface area contributed by atoms with Gasteiger partial charge in [0.05, 0.1) is 13.2 Å². The van der Waals surface area contributed by atoms with E-state index in [-0.39, 0.29) is 38.6 Å². The lowest BCUT2D eigenvalue weighted by Gasteiger charge is -2.19. The fourth-order valence-corrected chi connectivity index (χ4v) is 7.10. The van der Waals surface area contributed by atoms with Crippen LogP contribution >= 0.6 is 7.82 Å². The van der Waals surface area contributed by atoms with Crippen molar-refractivity contribution < 1.29 is 37.6 Å². The standard InChI is InChI=1S/C43H84NO8P/c1-3-5-7-9-11-13-15-17-18-19-20-21-22-24-26-28-30-32-34-36-43(46)52-41(40-51-53(47,48)50-38-37-44)39-49-42(45)35-33-31-29-27-25-23-16-14-12-10-8-6-4-2/h17-18,41H,3-16,19-40,44H2,1-2H3,(H,47,48)/b18-17-/t41-/m1/s1. The van der Waals surface area contributed by atoms with Gasteiger partial charge in [-0.15, -0.1) is 0 Å². The van der Waals surface area contributed by atoms with Gasteiger partial charge >= 0.3 is 19.8 Å². The predicted molar refractivity (Wildman–Crippen MR) is 220 cm³/mol. The Balaban J connectivity index is 4.10. The third kappa shape index (κ3) is 40.2. The van der Waals surface area contributed by atoms with Crippen molar-refractivity contribution in [2.45, 2.75) is 225 Å². The van der Waals surface area contributed by atoms with Gasteiger partial charge in [-0.2, -0.15) is 0 Å². The predicted octanol–water partition coefficient (Wildman–Crippen LogP) is 12.6. The maximum Gasteiger partial charge on any atom is 0.472 e. The van der Waals surface area contributed by atoms with E-state index in [1.54, 1.807) is 0 Å². The summed E-state index contributed by atoms with van der Waals surface area (Å²) in [5.41, 5.74) is 5.35. The Morgan fingerprint density at radius 1 is 0.547 bits per heavy atom. The number of hydrogen-bond donors (Lipinski definition) is 2. The van der Waals surface area contributed by atoms with E-state index in [9.17, 15) is 19.0 Å². The van der Waals surface area contributed by atoms with E-state index in [2.05, 4.69) is 26.0 Å². The second kappa shape index (κ2) is 40.4. The molecule has 10 heteroatoms. The molecule has 0 spiro atoms. The van der Waals surface area contributed by atoms with Crippen molar-refractivity contribution in [1.82, 2.24) is 0 Å². The normalized spacial score (nSPS) is 13.4. The zero-order chi connectivity index (χ0) is 38.9. The van der Waals surface area contributed by atoms with Crippen LogP contribution in [0.2, 0.25) is 0 Å². The molecular weight excluding hydrogens is 689 g/mol. The number of hydrogen-bond acceptors (Lipinski definition) is 8. The largest absolute Gasteiger partial charge is 0.472 e. The summed E-state index contributed by atoms with van der Waals surface area (Å²) in [6.45, 7) is 3.75. The van der Waals surface area contributed by atoms with Gasteiger partial charge in [-0.3, -0.25) is 18.6 Å². The maximum atomic E-state index is 12.6. The van der Waals surface area contributed by atoms with Crippen molar-refractivity contribution in [3.8, 4) is 0 Å². The van der Waals surface area contributed by atoms with Crippen molar-refractivity contribution in [3.05, 3.63) is 12.2 Å². The molecule has 53 heavy (non-hydrogen) atoms. The van der Waals surface area contributed by atoms with E-state index >= 15 is 0 Å². The zero-order valence-corrected chi connectivity index (χ0v) is 35.4. The molecule has 0 saturated carbocycles. The van der Waals surface area contributed by atoms with Gasteiger partial charge in [0.15, 0.2) is 6.10 Å². The number of rotatable bonds is 42. The Morgan fingerprint density at radius 2 is 0.925 bits per heavy atom. The maximum absolute atomic E-state index is 12.6. The fourth-order valence-electron chi connectivity index (χ4n) is 6.34. The molecule has 0 bridgehead atoms. The van der Waals surface area contributed by atoms with E-state index in [1.807, 2.05) is 0 Å². The first kappa shape index (κ1) is 51.8. The third-order valence-corrected chi connectivity index (χ3v) is 10.6. The molecule has 314 valence electrons. The summed E-state index contributed by atoms with van der Waals surface area (Å²) in [5, 5.41) is 0. The molecule has 0 aliphatic heterocycles. The summed E-state index contributed by atoms with van der Waals surface area (Å²) in [4.78, 5) is 34.8. The Morgan fingerprint density at radius 3 is 1.34 bits per heavy atom. The van der Waals surface area contributed by atoms with E-state index in [0.717, 1.165) is 38.5 Å². The molecule has 0 aliphatic rings. The van der Waals surface area contributed by atoms with Gasteiger partial charge in [0.25, 0.3) is 0 Å². The minimum absolute atomic E-state index is 0.0559. The van der Waals surface area contributed by atoms with Crippen molar-refractivity contribution in [1.29, 1.82) is 0 Å². The van der Waals surface area contributed by atoms with Gasteiger partial charge in [-0.05, 0) is 38.5 Å². The summed E-state index contributed by atoms with van der Waals surface area (Å²) in [6.07, 6.45) is 40.9. The molecule has 0 aliphatic carbocycles. The molecule has 0 amide bonds. The van der Waals surface area contributed by atoms with Crippen molar-refractivity contribution in [2.24, 2.45) is 5.73 Å². The molecule has 0 rings (SSSR count). The van der Waals surface area contributed by atoms with Gasteiger partial charge in [0.1, 0.15) is 6.61 Å². The smallest absolute Gasteiger partial charge is 0.462 e. The lowest BCUT2D eigenvalue weighted by Crippen LogP contribution is -2.29. The number of esters is 2. The molecular formula is C43H84NO8P. The van der Waals surface area contributed by atoms with E-state index < -0.39 is 26.5 Å². The average molecular weight is 774 g/mol. The second-order valence-electron chi connectivity index (χ2n) is 14.9. The fraction of sp³-hybridized carbons (Fsp3) is 0.907. The van der Waals surface area contributed by atoms with Gasteiger partial charge in [0, 0.05) is 19.4 Å². The number of phosphoric ester groups is 1. The van der Waals surface area contributed by atoms with Gasteiger partial charge < -0.3 is 20.1 Å². The van der Waals surface area contributed by atoms with Gasteiger partial charge in [0.2, 0.25) is 0 Å². The SMILES string of the molecule is CCCCCCCC/C=C\CCCCCCCCCCCC(=O)O[C@H](COC(=O)CCCCCCCCCCCCCCC)COP(=O)(O)OCCN. The van der Waals surface area contributed by atoms with Gasteiger partial charge in [-0.25, -0.2) is 4.57 Å². The molecule has 0 saturated heterocycles. The molecule has 0 radical (unpaired) electrons. The molecule has 0 aromatic rings. The number of ether oxygens (including phenoxy) is 2. The van der Waals surface area contributed by atoms with E-state index in [1.165, 1.54) is 148 Å². The first-order valence-corrected chi connectivity index (χ1v) is 23.7. The number of phosphoric acid groups is 1. The minimum Gasteiger partial charge on any atom is -0.462 e. The number of nitrogens with two attached hydrogens (primary N) is 1. The number of allylic oxidation sites excluding steroid dienone is 2. The van der Waals surface area contributed by atoms with Crippen LogP contribution in [0.15, 0.2) is 12.2 Å². The van der Waals surface area contributed by atoms with Crippen LogP contribution < -0.4 is 5.73 Å². The van der Waals surface area contributed by atoms with Crippen LogP contribution in [0, 0.1) is 0 Å². The highest BCUT2D eigenvalue weighted by Gasteiger charge is 2.26. The number of carbonyl (C=O) groups is 2. The Labute approximate surface area is 326 Å². The Bertz CT molecular complexity index is 886. The minimum atomic E-state index is -4.37. The summed E-state index contributed by atoms with van der Waals surface area (Å²) < 4.78 is 32.8. The van der Waals surface area contributed by atoms with Crippen molar-refractivity contribution in [2.75, 3.05) is 26.4 Å². The van der Waals surface area contributed by atoms with E-state index in [4.69, 9.17) is 24.3 Å². The van der Waals surface area contributed by atoms with Crippen LogP contribution in [-0.2, 0) is 32.7 Å². The number of unbranched alkanes of at least 4 members (excludes halogenated alkanes) is 27. The summed E-state index contributed by atoms with van der Waals surface area (Å²) in [7, 11) is -4.37. The average Bonchev–Trinajstić information content (AvgIpc) is 3.14. The summed E-state index contributed by atoms with van der Waals surface area (Å²) in [5.74, 6) is -0.820. The first-order valence-electron chi connectivity index (χ1n) is 22.2. The third-order valence-electron chi connectivity index (χ3n) is 9.65. The topological polar surface area (TPSA) is 134 Å². The molecule has 0 heterocycles.